The van der Waals surface area contributed by atoms with Crippen molar-refractivity contribution in [2.24, 2.45) is 5.92 Å². The van der Waals surface area contributed by atoms with Crippen LogP contribution in [0.2, 0.25) is 0 Å². The van der Waals surface area contributed by atoms with Crippen molar-refractivity contribution in [3.63, 3.8) is 0 Å². The molecule has 0 saturated heterocycles. The van der Waals surface area contributed by atoms with Crippen molar-refractivity contribution < 1.29 is 19.1 Å². The molecule has 0 heterocycles. The van der Waals surface area contributed by atoms with Gasteiger partial charge in [0.25, 0.3) is 0 Å². The molecule has 0 aromatic carbocycles. The summed E-state index contributed by atoms with van der Waals surface area (Å²) < 4.78 is 9.42. The predicted octanol–water partition coefficient (Wildman–Crippen LogP) is 3.67. The Hall–Kier alpha value is -1.58. The van der Waals surface area contributed by atoms with Crippen molar-refractivity contribution in [3.8, 4) is 0 Å². The van der Waals surface area contributed by atoms with Crippen molar-refractivity contribution in [1.82, 2.24) is 0 Å². The van der Waals surface area contributed by atoms with Gasteiger partial charge < -0.3 is 9.47 Å². The van der Waals surface area contributed by atoms with Crippen molar-refractivity contribution in [2.45, 2.75) is 46.5 Å². The highest BCUT2D eigenvalue weighted by molar-refractivity contribution is 5.81. The summed E-state index contributed by atoms with van der Waals surface area (Å²) in [6.07, 6.45) is 6.99. The maximum Gasteiger partial charge on any atom is 0.330 e. The summed E-state index contributed by atoms with van der Waals surface area (Å²) in [6, 6.07) is 0. The minimum atomic E-state index is -0.359. The van der Waals surface area contributed by atoms with Crippen molar-refractivity contribution in [3.05, 3.63) is 25.3 Å². The first kappa shape index (κ1) is 20.7. The van der Waals surface area contributed by atoms with Crippen LogP contribution >= 0.6 is 0 Å². The van der Waals surface area contributed by atoms with Crippen LogP contribution in [0.3, 0.4) is 0 Å². The monoisotopic (exact) mass is 284 g/mol. The van der Waals surface area contributed by atoms with Crippen LogP contribution in [-0.4, -0.2) is 25.2 Å². The predicted molar refractivity (Wildman–Crippen MR) is 81.3 cm³/mol. The molecule has 0 saturated carbocycles. The molecule has 0 aromatic heterocycles. The number of carbonyl (C=O) groups is 2. The Balaban J connectivity index is 0. The fourth-order valence-corrected chi connectivity index (χ4v) is 1.36. The second-order valence-corrected chi connectivity index (χ2v) is 4.21. The average molecular weight is 284 g/mol. The summed E-state index contributed by atoms with van der Waals surface area (Å²) >= 11 is 0. The Labute approximate surface area is 122 Å². The number of carbonyl (C=O) groups excluding carboxylic acids is 2. The molecule has 0 aliphatic carbocycles. The molecule has 0 radical (unpaired) electrons. The molecule has 0 rings (SSSR count). The highest BCUT2D eigenvalue weighted by Crippen LogP contribution is 2.12. The summed E-state index contributed by atoms with van der Waals surface area (Å²) in [5, 5.41) is 0. The highest BCUT2D eigenvalue weighted by Gasteiger charge is 2.07. The third kappa shape index (κ3) is 14.5. The van der Waals surface area contributed by atoms with Crippen molar-refractivity contribution in [2.75, 3.05) is 13.2 Å². The summed E-state index contributed by atoms with van der Waals surface area (Å²) in [7, 11) is 0. The SMILES string of the molecule is C=CC(=O)OCC.C=CC(=O)OCC(CC)CCCC. The van der Waals surface area contributed by atoms with E-state index in [9.17, 15) is 9.59 Å². The van der Waals surface area contributed by atoms with Gasteiger partial charge in [-0.1, -0.05) is 46.3 Å². The van der Waals surface area contributed by atoms with Gasteiger partial charge in [-0.05, 0) is 19.3 Å². The van der Waals surface area contributed by atoms with Gasteiger partial charge in [0.05, 0.1) is 13.2 Å². The maximum atomic E-state index is 10.8. The lowest BCUT2D eigenvalue weighted by atomic mass is 10.0. The lowest BCUT2D eigenvalue weighted by Crippen LogP contribution is -2.12. The highest BCUT2D eigenvalue weighted by atomic mass is 16.5. The summed E-state index contributed by atoms with van der Waals surface area (Å²) in [6.45, 7) is 13.6. The molecule has 0 aliphatic heterocycles. The number of esters is 2. The molecular formula is C16H28O4. The Bertz CT molecular complexity index is 284. The molecule has 0 aromatic rings. The molecule has 116 valence electrons. The number of rotatable bonds is 9. The molecule has 1 unspecified atom stereocenters. The Morgan fingerprint density at radius 3 is 1.95 bits per heavy atom. The van der Waals surface area contributed by atoms with E-state index in [-0.39, 0.29) is 11.9 Å². The minimum Gasteiger partial charge on any atom is -0.463 e. The van der Waals surface area contributed by atoms with Crippen molar-refractivity contribution in [1.29, 1.82) is 0 Å². The van der Waals surface area contributed by atoms with Crippen LogP contribution in [0.5, 0.6) is 0 Å². The summed E-state index contributed by atoms with van der Waals surface area (Å²) in [4.78, 5) is 20.8. The molecular weight excluding hydrogens is 256 g/mol. The van der Waals surface area contributed by atoms with E-state index in [4.69, 9.17) is 4.74 Å². The third-order valence-electron chi connectivity index (χ3n) is 2.62. The van der Waals surface area contributed by atoms with Crippen LogP contribution < -0.4 is 0 Å². The van der Waals surface area contributed by atoms with E-state index in [0.29, 0.717) is 19.1 Å². The van der Waals surface area contributed by atoms with Crippen LogP contribution in [-0.2, 0) is 19.1 Å². The van der Waals surface area contributed by atoms with Gasteiger partial charge in [-0.15, -0.1) is 0 Å². The van der Waals surface area contributed by atoms with E-state index in [2.05, 4.69) is 31.7 Å². The van der Waals surface area contributed by atoms with E-state index >= 15 is 0 Å². The smallest absolute Gasteiger partial charge is 0.330 e. The largest absolute Gasteiger partial charge is 0.463 e. The lowest BCUT2D eigenvalue weighted by Gasteiger charge is -2.13. The molecule has 0 aliphatic rings. The normalized spacial score (nSPS) is 10.6. The number of unbranched alkanes of at least 4 members (excludes halogenated alkanes) is 1. The van der Waals surface area contributed by atoms with Crippen LogP contribution in [0.4, 0.5) is 0 Å². The lowest BCUT2D eigenvalue weighted by molar-refractivity contribution is -0.139. The third-order valence-corrected chi connectivity index (χ3v) is 2.62. The fraction of sp³-hybridized carbons (Fsp3) is 0.625. The minimum absolute atomic E-state index is 0.310. The number of ether oxygens (including phenoxy) is 2. The van der Waals surface area contributed by atoms with Gasteiger partial charge in [-0.25, -0.2) is 9.59 Å². The number of hydrogen-bond acceptors (Lipinski definition) is 4. The zero-order valence-electron chi connectivity index (χ0n) is 13.0. The van der Waals surface area contributed by atoms with Crippen LogP contribution in [0.15, 0.2) is 25.3 Å². The standard InChI is InChI=1S/C11H20O2.C5H8O2/c1-4-7-8-10(5-2)9-13-11(12)6-3;1-3-5(6)7-4-2/h6,10H,3-5,7-9H2,1-2H3;3H,1,4H2,2H3. The van der Waals surface area contributed by atoms with E-state index < -0.39 is 0 Å². The molecule has 4 nitrogen and oxygen atoms in total. The molecule has 0 spiro atoms. The van der Waals surface area contributed by atoms with Crippen LogP contribution in [0.25, 0.3) is 0 Å². The van der Waals surface area contributed by atoms with Crippen molar-refractivity contribution >= 4 is 11.9 Å². The fourth-order valence-electron chi connectivity index (χ4n) is 1.36. The van der Waals surface area contributed by atoms with Gasteiger partial charge in [-0.2, -0.15) is 0 Å². The first-order valence-corrected chi connectivity index (χ1v) is 7.13. The molecule has 0 N–H and O–H groups in total. The Morgan fingerprint density at radius 2 is 1.60 bits per heavy atom. The Kier molecular flexibility index (Phi) is 16.0. The molecule has 0 bridgehead atoms. The molecule has 0 amide bonds. The Morgan fingerprint density at radius 1 is 1.05 bits per heavy atom. The molecule has 4 heteroatoms. The number of hydrogen-bond donors (Lipinski definition) is 0. The zero-order valence-corrected chi connectivity index (χ0v) is 13.0. The van der Waals surface area contributed by atoms with Gasteiger partial charge >= 0.3 is 11.9 Å². The average Bonchev–Trinajstić information content (AvgIpc) is 2.47. The topological polar surface area (TPSA) is 52.6 Å². The van der Waals surface area contributed by atoms with E-state index in [1.54, 1.807) is 6.92 Å². The van der Waals surface area contributed by atoms with E-state index in [1.165, 1.54) is 18.9 Å². The molecule has 1 atom stereocenters. The van der Waals surface area contributed by atoms with Gasteiger partial charge in [-0.3, -0.25) is 0 Å². The second kappa shape index (κ2) is 15.5. The van der Waals surface area contributed by atoms with Crippen LogP contribution in [0.1, 0.15) is 46.5 Å². The maximum absolute atomic E-state index is 10.8. The summed E-state index contributed by atoms with van der Waals surface area (Å²) in [5.74, 6) is -0.152. The summed E-state index contributed by atoms with van der Waals surface area (Å²) in [5.41, 5.74) is 0. The molecule has 0 fully saturated rings. The van der Waals surface area contributed by atoms with Gasteiger partial charge in [0.15, 0.2) is 0 Å². The zero-order chi connectivity index (χ0) is 15.8. The molecule has 20 heavy (non-hydrogen) atoms. The first-order valence-electron chi connectivity index (χ1n) is 7.13. The van der Waals surface area contributed by atoms with E-state index in [0.717, 1.165) is 18.9 Å². The van der Waals surface area contributed by atoms with Gasteiger partial charge in [0.1, 0.15) is 0 Å². The first-order chi connectivity index (χ1) is 9.55. The van der Waals surface area contributed by atoms with Crippen LogP contribution in [0, 0.1) is 5.92 Å². The van der Waals surface area contributed by atoms with E-state index in [1.807, 2.05) is 0 Å². The quantitative estimate of drug-likeness (QED) is 0.479. The van der Waals surface area contributed by atoms with Gasteiger partial charge in [0.2, 0.25) is 0 Å². The second-order valence-electron chi connectivity index (χ2n) is 4.21. The van der Waals surface area contributed by atoms with Gasteiger partial charge in [0, 0.05) is 12.2 Å².